The first-order valence-electron chi connectivity index (χ1n) is 7.80. The van der Waals surface area contributed by atoms with Gasteiger partial charge in [-0.2, -0.15) is 0 Å². The quantitative estimate of drug-likeness (QED) is 0.716. The van der Waals surface area contributed by atoms with Gasteiger partial charge < -0.3 is 9.80 Å². The smallest absolute Gasteiger partial charge is 0.00356 e. The Bertz CT molecular complexity index is 193. The molecule has 18 heavy (non-hydrogen) atoms. The molecule has 1 aliphatic rings. The maximum absolute atomic E-state index is 2.51. The van der Waals surface area contributed by atoms with E-state index in [1.807, 2.05) is 0 Å². The summed E-state index contributed by atoms with van der Waals surface area (Å²) >= 11 is 0. The van der Waals surface area contributed by atoms with Crippen molar-refractivity contribution in [3.63, 3.8) is 0 Å². The minimum Gasteiger partial charge on any atom is -0.304 e. The van der Waals surface area contributed by atoms with Crippen LogP contribution in [0, 0.1) is 11.8 Å². The molecule has 2 heteroatoms. The van der Waals surface area contributed by atoms with E-state index in [2.05, 4.69) is 51.6 Å². The van der Waals surface area contributed by atoms with E-state index in [9.17, 15) is 0 Å². The van der Waals surface area contributed by atoms with Crippen LogP contribution in [-0.2, 0) is 0 Å². The highest BCUT2D eigenvalue weighted by Gasteiger charge is 2.23. The first-order chi connectivity index (χ1) is 8.40. The maximum atomic E-state index is 2.51. The molecular formula is C16H34N2. The standard InChI is InChI=1S/C16H34N2/c1-13(2)17(5)11-15-7-9-16(10-8-15)12-18(6)14(3)4/h13-16H,7-12H2,1-6H3. The average Bonchev–Trinajstić information content (AvgIpc) is 2.31. The molecule has 1 fully saturated rings. The van der Waals surface area contributed by atoms with Crippen LogP contribution in [0.4, 0.5) is 0 Å². The van der Waals surface area contributed by atoms with E-state index in [-0.39, 0.29) is 0 Å². The second-order valence-electron chi connectivity index (χ2n) is 6.95. The van der Waals surface area contributed by atoms with Crippen LogP contribution in [0.1, 0.15) is 53.4 Å². The van der Waals surface area contributed by atoms with E-state index in [4.69, 9.17) is 0 Å². The number of hydrogen-bond acceptors (Lipinski definition) is 2. The van der Waals surface area contributed by atoms with Gasteiger partial charge in [0, 0.05) is 25.2 Å². The highest BCUT2D eigenvalue weighted by molar-refractivity contribution is 4.77. The van der Waals surface area contributed by atoms with Crippen molar-refractivity contribution >= 4 is 0 Å². The summed E-state index contributed by atoms with van der Waals surface area (Å²) < 4.78 is 0. The van der Waals surface area contributed by atoms with Gasteiger partial charge in [0.15, 0.2) is 0 Å². The lowest BCUT2D eigenvalue weighted by molar-refractivity contribution is 0.149. The maximum Gasteiger partial charge on any atom is 0.00356 e. The van der Waals surface area contributed by atoms with Gasteiger partial charge in [-0.15, -0.1) is 0 Å². The van der Waals surface area contributed by atoms with E-state index in [0.717, 1.165) is 11.8 Å². The van der Waals surface area contributed by atoms with Crippen LogP contribution in [-0.4, -0.2) is 49.1 Å². The summed E-state index contributed by atoms with van der Waals surface area (Å²) in [4.78, 5) is 5.01. The molecule has 0 saturated heterocycles. The van der Waals surface area contributed by atoms with Crippen LogP contribution in [0.2, 0.25) is 0 Å². The molecule has 108 valence electrons. The molecular weight excluding hydrogens is 220 g/mol. The van der Waals surface area contributed by atoms with Gasteiger partial charge in [0.05, 0.1) is 0 Å². The van der Waals surface area contributed by atoms with Gasteiger partial charge in [-0.3, -0.25) is 0 Å². The van der Waals surface area contributed by atoms with E-state index >= 15 is 0 Å². The van der Waals surface area contributed by atoms with Gasteiger partial charge in [0.2, 0.25) is 0 Å². The molecule has 0 bridgehead atoms. The Morgan fingerprint density at radius 3 is 1.22 bits per heavy atom. The molecule has 0 spiro atoms. The van der Waals surface area contributed by atoms with Crippen molar-refractivity contribution in [3.8, 4) is 0 Å². The van der Waals surface area contributed by atoms with Gasteiger partial charge in [-0.25, -0.2) is 0 Å². The number of rotatable bonds is 6. The molecule has 0 aromatic heterocycles. The van der Waals surface area contributed by atoms with Crippen LogP contribution in [0.15, 0.2) is 0 Å². The Morgan fingerprint density at radius 1 is 0.722 bits per heavy atom. The fraction of sp³-hybridized carbons (Fsp3) is 1.00. The normalized spacial score (nSPS) is 25.7. The lowest BCUT2D eigenvalue weighted by Gasteiger charge is -2.35. The summed E-state index contributed by atoms with van der Waals surface area (Å²) in [7, 11) is 4.53. The third kappa shape index (κ3) is 5.27. The molecule has 0 radical (unpaired) electrons. The molecule has 0 heterocycles. The van der Waals surface area contributed by atoms with Gasteiger partial charge in [0.1, 0.15) is 0 Å². The van der Waals surface area contributed by atoms with E-state index < -0.39 is 0 Å². The molecule has 0 aromatic carbocycles. The molecule has 0 N–H and O–H groups in total. The van der Waals surface area contributed by atoms with E-state index in [1.54, 1.807) is 0 Å². The molecule has 2 nitrogen and oxygen atoms in total. The zero-order chi connectivity index (χ0) is 13.7. The molecule has 0 aliphatic heterocycles. The van der Waals surface area contributed by atoms with E-state index in [0.29, 0.717) is 12.1 Å². The van der Waals surface area contributed by atoms with Gasteiger partial charge in [-0.05, 0) is 79.3 Å². The lowest BCUT2D eigenvalue weighted by Crippen LogP contribution is -2.36. The zero-order valence-electron chi connectivity index (χ0n) is 13.4. The second kappa shape index (κ2) is 7.49. The monoisotopic (exact) mass is 254 g/mol. The third-order valence-corrected chi connectivity index (χ3v) is 4.82. The van der Waals surface area contributed by atoms with Crippen molar-refractivity contribution in [3.05, 3.63) is 0 Å². The fourth-order valence-corrected chi connectivity index (χ4v) is 2.83. The number of hydrogen-bond donors (Lipinski definition) is 0. The number of nitrogens with zero attached hydrogens (tertiary/aromatic N) is 2. The summed E-state index contributed by atoms with van der Waals surface area (Å²) in [6, 6.07) is 1.38. The van der Waals surface area contributed by atoms with Crippen LogP contribution < -0.4 is 0 Å². The minimum absolute atomic E-state index is 0.690. The predicted octanol–water partition coefficient (Wildman–Crippen LogP) is 3.47. The summed E-state index contributed by atoms with van der Waals surface area (Å²) in [5.41, 5.74) is 0. The van der Waals surface area contributed by atoms with Crippen molar-refractivity contribution in [2.75, 3.05) is 27.2 Å². The van der Waals surface area contributed by atoms with Crippen molar-refractivity contribution in [2.24, 2.45) is 11.8 Å². The van der Waals surface area contributed by atoms with Crippen LogP contribution in [0.25, 0.3) is 0 Å². The summed E-state index contributed by atoms with van der Waals surface area (Å²) in [5, 5.41) is 0. The molecule has 1 aliphatic carbocycles. The van der Waals surface area contributed by atoms with Crippen LogP contribution >= 0.6 is 0 Å². The summed E-state index contributed by atoms with van der Waals surface area (Å²) in [6.07, 6.45) is 5.75. The Labute approximate surface area is 115 Å². The third-order valence-electron chi connectivity index (χ3n) is 4.82. The van der Waals surface area contributed by atoms with Gasteiger partial charge in [-0.1, -0.05) is 0 Å². The topological polar surface area (TPSA) is 6.48 Å². The molecule has 0 unspecified atom stereocenters. The molecule has 1 saturated carbocycles. The van der Waals surface area contributed by atoms with Gasteiger partial charge in [0.25, 0.3) is 0 Å². The molecule has 0 aromatic rings. The predicted molar refractivity (Wildman–Crippen MR) is 81.0 cm³/mol. The Hall–Kier alpha value is -0.0800. The van der Waals surface area contributed by atoms with Crippen molar-refractivity contribution in [2.45, 2.75) is 65.5 Å². The highest BCUT2D eigenvalue weighted by Crippen LogP contribution is 2.30. The zero-order valence-corrected chi connectivity index (χ0v) is 13.4. The molecule has 0 amide bonds. The SMILES string of the molecule is CC(C)N(C)CC1CCC(CN(C)C(C)C)CC1. The van der Waals surface area contributed by atoms with Gasteiger partial charge >= 0.3 is 0 Å². The van der Waals surface area contributed by atoms with Crippen LogP contribution in [0.3, 0.4) is 0 Å². The lowest BCUT2D eigenvalue weighted by atomic mass is 9.81. The first kappa shape index (κ1) is 16.0. The van der Waals surface area contributed by atoms with E-state index in [1.165, 1.54) is 38.8 Å². The first-order valence-corrected chi connectivity index (χ1v) is 7.80. The highest BCUT2D eigenvalue weighted by atomic mass is 15.1. The average molecular weight is 254 g/mol. The molecule has 1 rings (SSSR count). The Balaban J connectivity index is 2.24. The van der Waals surface area contributed by atoms with Crippen LogP contribution in [0.5, 0.6) is 0 Å². The van der Waals surface area contributed by atoms with Crippen molar-refractivity contribution < 1.29 is 0 Å². The second-order valence-corrected chi connectivity index (χ2v) is 6.95. The van der Waals surface area contributed by atoms with Crippen molar-refractivity contribution in [1.82, 2.24) is 9.80 Å². The molecule has 0 atom stereocenters. The minimum atomic E-state index is 0.690. The summed E-state index contributed by atoms with van der Waals surface area (Å²) in [5.74, 6) is 1.89. The fourth-order valence-electron chi connectivity index (χ4n) is 2.83. The largest absolute Gasteiger partial charge is 0.304 e. The Morgan fingerprint density at radius 2 is 1.00 bits per heavy atom. The summed E-state index contributed by atoms with van der Waals surface area (Å²) in [6.45, 7) is 11.8. The van der Waals surface area contributed by atoms with Crippen molar-refractivity contribution in [1.29, 1.82) is 0 Å². The Kier molecular flexibility index (Phi) is 6.65.